The molecule has 1 aliphatic heterocycles. The van der Waals surface area contributed by atoms with Gasteiger partial charge in [-0.15, -0.1) is 0 Å². The number of hydrogen-bond donors (Lipinski definition) is 2. The average Bonchev–Trinajstić information content (AvgIpc) is 3.11. The highest BCUT2D eigenvalue weighted by molar-refractivity contribution is 6.31. The summed E-state index contributed by atoms with van der Waals surface area (Å²) in [5.74, 6) is 0.346. The second kappa shape index (κ2) is 9.92. The fourth-order valence-electron chi connectivity index (χ4n) is 3.88. The fourth-order valence-corrected chi connectivity index (χ4v) is 4.08. The van der Waals surface area contributed by atoms with Crippen LogP contribution >= 0.6 is 11.6 Å². The molecule has 1 atom stereocenters. The zero-order chi connectivity index (χ0) is 20.8. The zero-order valence-electron chi connectivity index (χ0n) is 17.1. The number of amides is 2. The molecule has 1 aliphatic rings. The van der Waals surface area contributed by atoms with Crippen molar-refractivity contribution in [3.05, 3.63) is 51.8 Å². The molecule has 6 nitrogen and oxygen atoms in total. The first-order chi connectivity index (χ1) is 14.0. The van der Waals surface area contributed by atoms with Gasteiger partial charge in [0.25, 0.3) is 5.91 Å². The van der Waals surface area contributed by atoms with Gasteiger partial charge in [0.1, 0.15) is 0 Å². The Balaban J connectivity index is 1.48. The molecule has 0 radical (unpaired) electrons. The maximum absolute atomic E-state index is 12.9. The quantitative estimate of drug-likeness (QED) is 0.718. The number of H-pyrrole nitrogens is 1. The molecule has 3 rings (SSSR count). The Kier molecular flexibility index (Phi) is 7.31. The van der Waals surface area contributed by atoms with Gasteiger partial charge in [-0.25, -0.2) is 0 Å². The first-order valence-electron chi connectivity index (χ1n) is 10.3. The van der Waals surface area contributed by atoms with E-state index in [0.717, 1.165) is 49.0 Å². The Morgan fingerprint density at radius 1 is 1.34 bits per heavy atom. The number of carbonyl (C=O) groups is 2. The molecule has 7 heteroatoms. The first kappa shape index (κ1) is 21.4. The fraction of sp³-hybridized carbons (Fsp3) is 0.500. The van der Waals surface area contributed by atoms with Crippen LogP contribution in [-0.4, -0.2) is 40.0 Å². The van der Waals surface area contributed by atoms with E-state index in [9.17, 15) is 9.59 Å². The minimum atomic E-state index is -0.00804. The van der Waals surface area contributed by atoms with Gasteiger partial charge in [0.2, 0.25) is 5.91 Å². The molecule has 1 saturated heterocycles. The van der Waals surface area contributed by atoms with Gasteiger partial charge < -0.3 is 10.2 Å². The van der Waals surface area contributed by atoms with Crippen LogP contribution in [0.2, 0.25) is 5.02 Å². The number of nitrogens with one attached hydrogen (secondary N) is 2. The summed E-state index contributed by atoms with van der Waals surface area (Å²) in [6, 6.07) is 7.51. The summed E-state index contributed by atoms with van der Waals surface area (Å²) in [7, 11) is 0. The summed E-state index contributed by atoms with van der Waals surface area (Å²) in [6.07, 6.45) is 4.07. The van der Waals surface area contributed by atoms with Crippen LogP contribution in [0.3, 0.4) is 0 Å². The monoisotopic (exact) mass is 416 g/mol. The van der Waals surface area contributed by atoms with Crippen molar-refractivity contribution in [2.45, 2.75) is 52.5 Å². The van der Waals surface area contributed by atoms with E-state index in [-0.39, 0.29) is 11.8 Å². The molecule has 1 aromatic heterocycles. The van der Waals surface area contributed by atoms with Crippen molar-refractivity contribution in [3.8, 4) is 0 Å². The van der Waals surface area contributed by atoms with E-state index >= 15 is 0 Å². The number of benzene rings is 1. The largest absolute Gasteiger partial charge is 0.352 e. The molecule has 2 amide bonds. The van der Waals surface area contributed by atoms with Gasteiger partial charge in [0.15, 0.2) is 5.69 Å². The third-order valence-corrected chi connectivity index (χ3v) is 6.06. The van der Waals surface area contributed by atoms with Crippen LogP contribution in [0.4, 0.5) is 0 Å². The second-order valence-corrected chi connectivity index (χ2v) is 8.10. The van der Waals surface area contributed by atoms with E-state index in [2.05, 4.69) is 15.5 Å². The van der Waals surface area contributed by atoms with Crippen molar-refractivity contribution in [2.24, 2.45) is 5.92 Å². The smallest absolute Gasteiger partial charge is 0.274 e. The van der Waals surface area contributed by atoms with Crippen LogP contribution < -0.4 is 5.32 Å². The lowest BCUT2D eigenvalue weighted by Gasteiger charge is -2.32. The lowest BCUT2D eigenvalue weighted by Crippen LogP contribution is -2.40. The highest BCUT2D eigenvalue weighted by Gasteiger charge is 2.27. The van der Waals surface area contributed by atoms with Gasteiger partial charge in [-0.1, -0.05) is 36.7 Å². The number of rotatable bonds is 7. The number of halogens is 1. The Labute approximate surface area is 177 Å². The number of nitrogens with zero attached hydrogens (tertiary/aromatic N) is 2. The van der Waals surface area contributed by atoms with Crippen LogP contribution in [0, 0.1) is 12.8 Å². The molecule has 0 bridgehead atoms. The Morgan fingerprint density at radius 2 is 2.14 bits per heavy atom. The van der Waals surface area contributed by atoms with Gasteiger partial charge in [-0.2, -0.15) is 5.10 Å². The Bertz CT molecular complexity index is 864. The molecule has 1 aromatic carbocycles. The van der Waals surface area contributed by atoms with Crippen molar-refractivity contribution in [3.63, 3.8) is 0 Å². The van der Waals surface area contributed by atoms with Gasteiger partial charge in [0.05, 0.1) is 0 Å². The van der Waals surface area contributed by atoms with E-state index in [0.29, 0.717) is 36.1 Å². The number of carbonyl (C=O) groups excluding carboxylic acids is 2. The minimum Gasteiger partial charge on any atom is -0.352 e. The summed E-state index contributed by atoms with van der Waals surface area (Å²) in [6.45, 7) is 5.86. The minimum absolute atomic E-state index is 0.00804. The summed E-state index contributed by atoms with van der Waals surface area (Å²) >= 11 is 6.13. The van der Waals surface area contributed by atoms with Crippen molar-refractivity contribution in [1.82, 2.24) is 20.4 Å². The number of aromatic nitrogens is 2. The topological polar surface area (TPSA) is 78.1 Å². The van der Waals surface area contributed by atoms with Crippen LogP contribution in [0.5, 0.6) is 0 Å². The highest BCUT2D eigenvalue weighted by Crippen LogP contribution is 2.23. The summed E-state index contributed by atoms with van der Waals surface area (Å²) in [5.41, 5.74) is 3.40. The molecular weight excluding hydrogens is 388 g/mol. The maximum Gasteiger partial charge on any atom is 0.274 e. The number of aromatic amines is 1. The molecule has 156 valence electrons. The van der Waals surface area contributed by atoms with Gasteiger partial charge in [-0.05, 0) is 50.2 Å². The van der Waals surface area contributed by atoms with Gasteiger partial charge >= 0.3 is 0 Å². The van der Waals surface area contributed by atoms with Crippen LogP contribution in [-0.2, 0) is 17.8 Å². The summed E-state index contributed by atoms with van der Waals surface area (Å²) in [4.78, 5) is 27.0. The Morgan fingerprint density at radius 3 is 2.86 bits per heavy atom. The summed E-state index contributed by atoms with van der Waals surface area (Å²) < 4.78 is 0. The molecule has 1 fully saturated rings. The van der Waals surface area contributed by atoms with E-state index < -0.39 is 0 Å². The molecule has 29 heavy (non-hydrogen) atoms. The third kappa shape index (κ3) is 5.38. The molecule has 2 aromatic rings. The molecule has 0 unspecified atom stereocenters. The standard InChI is InChI=1S/C22H29ClN4O2/c1-3-19-15(2)21(26-25-19)22(29)27-12-6-7-16(14-27)10-11-20(28)24-13-17-8-4-5-9-18(17)23/h4-5,8-9,16H,3,6-7,10-14H2,1-2H3,(H,24,28)(H,25,26)/t16-/m0/s1. The Hall–Kier alpha value is -2.34. The number of piperidine rings is 1. The van der Waals surface area contributed by atoms with Crippen LogP contribution in [0.25, 0.3) is 0 Å². The summed E-state index contributed by atoms with van der Waals surface area (Å²) in [5, 5.41) is 10.8. The highest BCUT2D eigenvalue weighted by atomic mass is 35.5. The third-order valence-electron chi connectivity index (χ3n) is 5.69. The lowest BCUT2D eigenvalue weighted by atomic mass is 9.93. The van der Waals surface area contributed by atoms with E-state index in [1.165, 1.54) is 0 Å². The molecule has 2 N–H and O–H groups in total. The molecule has 2 heterocycles. The van der Waals surface area contributed by atoms with Crippen molar-refractivity contribution in [1.29, 1.82) is 0 Å². The predicted molar refractivity (Wildman–Crippen MR) is 114 cm³/mol. The van der Waals surface area contributed by atoms with Crippen LogP contribution in [0.15, 0.2) is 24.3 Å². The lowest BCUT2D eigenvalue weighted by molar-refractivity contribution is -0.121. The zero-order valence-corrected chi connectivity index (χ0v) is 17.9. The average molecular weight is 417 g/mol. The number of likely N-dealkylation sites (tertiary alicyclic amines) is 1. The maximum atomic E-state index is 12.9. The van der Waals surface area contributed by atoms with E-state index in [1.807, 2.05) is 43.0 Å². The first-order valence-corrected chi connectivity index (χ1v) is 10.7. The van der Waals surface area contributed by atoms with Crippen LogP contribution in [0.1, 0.15) is 59.9 Å². The van der Waals surface area contributed by atoms with Crippen molar-refractivity contribution >= 4 is 23.4 Å². The second-order valence-electron chi connectivity index (χ2n) is 7.70. The molecule has 0 aliphatic carbocycles. The normalized spacial score (nSPS) is 16.7. The van der Waals surface area contributed by atoms with Crippen molar-refractivity contribution in [2.75, 3.05) is 13.1 Å². The number of aryl methyl sites for hydroxylation is 1. The van der Waals surface area contributed by atoms with Gasteiger partial charge in [-0.3, -0.25) is 14.7 Å². The van der Waals surface area contributed by atoms with Gasteiger partial charge in [0, 0.05) is 42.3 Å². The van der Waals surface area contributed by atoms with E-state index in [1.54, 1.807) is 0 Å². The molecule has 0 spiro atoms. The number of hydrogen-bond acceptors (Lipinski definition) is 3. The van der Waals surface area contributed by atoms with Crippen molar-refractivity contribution < 1.29 is 9.59 Å². The molecule has 0 saturated carbocycles. The SMILES string of the molecule is CCc1[nH]nc(C(=O)N2CCC[C@@H](CCC(=O)NCc3ccccc3Cl)C2)c1C. The molecular formula is C22H29ClN4O2. The predicted octanol–water partition coefficient (Wildman–Crippen LogP) is 3.88. The van der Waals surface area contributed by atoms with E-state index in [4.69, 9.17) is 11.6 Å².